The van der Waals surface area contributed by atoms with Crippen LogP contribution in [-0.2, 0) is 0 Å². The van der Waals surface area contributed by atoms with Gasteiger partial charge in [0.25, 0.3) is 0 Å². The molecule has 1 aromatic carbocycles. The van der Waals surface area contributed by atoms with Gasteiger partial charge in [0.15, 0.2) is 0 Å². The molecule has 0 amide bonds. The van der Waals surface area contributed by atoms with Gasteiger partial charge in [-0.25, -0.2) is 0 Å². The van der Waals surface area contributed by atoms with Crippen LogP contribution in [0.3, 0.4) is 0 Å². The highest BCUT2D eigenvalue weighted by atomic mass is 16.3. The summed E-state index contributed by atoms with van der Waals surface area (Å²) >= 11 is 0. The van der Waals surface area contributed by atoms with E-state index in [2.05, 4.69) is 6.07 Å². The van der Waals surface area contributed by atoms with Crippen molar-refractivity contribution >= 4 is 0 Å². The van der Waals surface area contributed by atoms with Gasteiger partial charge in [0.1, 0.15) is 0 Å². The van der Waals surface area contributed by atoms with Gasteiger partial charge >= 0.3 is 0 Å². The summed E-state index contributed by atoms with van der Waals surface area (Å²) in [5.41, 5.74) is 7.67. The number of hydrogen-bond donors (Lipinski definition) is 3. The van der Waals surface area contributed by atoms with E-state index in [0.29, 0.717) is 5.92 Å². The van der Waals surface area contributed by atoms with Gasteiger partial charge in [-0.3, -0.25) is 0 Å². The molecule has 15 heavy (non-hydrogen) atoms. The minimum atomic E-state index is -0.770. The molecule has 3 nitrogen and oxygen atoms in total. The second-order valence-electron chi connectivity index (χ2n) is 4.24. The molecule has 0 heterocycles. The fourth-order valence-electron chi connectivity index (χ4n) is 1.76. The molecule has 0 aliphatic heterocycles. The maximum absolute atomic E-state index is 9.83. The van der Waals surface area contributed by atoms with E-state index >= 15 is 0 Å². The van der Waals surface area contributed by atoms with E-state index in [-0.39, 0.29) is 6.61 Å². The van der Waals surface area contributed by atoms with Crippen molar-refractivity contribution in [3.8, 4) is 0 Å². The van der Waals surface area contributed by atoms with Crippen LogP contribution in [0.1, 0.15) is 36.0 Å². The number of rotatable bonds is 4. The minimum absolute atomic E-state index is 0.200. The molecular weight excluding hydrogens is 190 g/mol. The first-order valence-corrected chi connectivity index (χ1v) is 5.36. The Kier molecular flexibility index (Phi) is 3.05. The van der Waals surface area contributed by atoms with Gasteiger partial charge in [0.05, 0.1) is 18.8 Å². The summed E-state index contributed by atoms with van der Waals surface area (Å²) in [7, 11) is 0. The van der Waals surface area contributed by atoms with E-state index in [1.54, 1.807) is 0 Å². The van der Waals surface area contributed by atoms with Crippen molar-refractivity contribution in [2.45, 2.75) is 30.9 Å². The number of nitrogens with two attached hydrogens (primary N) is 1. The highest BCUT2D eigenvalue weighted by molar-refractivity contribution is 5.30. The molecule has 1 aliphatic carbocycles. The maximum atomic E-state index is 9.83. The lowest BCUT2D eigenvalue weighted by molar-refractivity contribution is 0.109. The summed E-state index contributed by atoms with van der Waals surface area (Å²) in [6, 6.07) is 7.28. The second kappa shape index (κ2) is 4.31. The van der Waals surface area contributed by atoms with Crippen molar-refractivity contribution < 1.29 is 10.2 Å². The topological polar surface area (TPSA) is 66.5 Å². The molecule has 0 bridgehead atoms. The molecule has 82 valence electrons. The average molecular weight is 207 g/mol. The van der Waals surface area contributed by atoms with Gasteiger partial charge in [-0.05, 0) is 29.9 Å². The zero-order chi connectivity index (χ0) is 10.8. The first-order chi connectivity index (χ1) is 7.22. The van der Waals surface area contributed by atoms with E-state index in [1.165, 1.54) is 18.4 Å². The van der Waals surface area contributed by atoms with Crippen molar-refractivity contribution in [3.05, 3.63) is 35.4 Å². The molecule has 0 radical (unpaired) electrons. The predicted molar refractivity (Wildman–Crippen MR) is 58.4 cm³/mol. The lowest BCUT2D eigenvalue weighted by Crippen LogP contribution is -2.31. The van der Waals surface area contributed by atoms with Crippen molar-refractivity contribution in [2.75, 3.05) is 6.61 Å². The minimum Gasteiger partial charge on any atom is -0.395 e. The third-order valence-electron chi connectivity index (χ3n) is 2.92. The highest BCUT2D eigenvalue weighted by Gasteiger charge is 2.24. The van der Waals surface area contributed by atoms with Gasteiger partial charge < -0.3 is 15.9 Å². The van der Waals surface area contributed by atoms with Gasteiger partial charge in [0, 0.05) is 0 Å². The van der Waals surface area contributed by atoms with Crippen LogP contribution < -0.4 is 5.73 Å². The quantitative estimate of drug-likeness (QED) is 0.687. The van der Waals surface area contributed by atoms with Crippen LogP contribution in [0, 0.1) is 0 Å². The molecule has 1 aliphatic rings. The Balaban J connectivity index is 2.16. The van der Waals surface area contributed by atoms with Crippen LogP contribution in [-0.4, -0.2) is 22.9 Å². The Hall–Kier alpha value is -0.900. The molecule has 0 spiro atoms. The first-order valence-electron chi connectivity index (χ1n) is 5.36. The lowest BCUT2D eigenvalue weighted by atomic mass is 9.99. The van der Waals surface area contributed by atoms with Gasteiger partial charge in [-0.15, -0.1) is 0 Å². The Morgan fingerprint density at radius 1 is 1.40 bits per heavy atom. The summed E-state index contributed by atoms with van der Waals surface area (Å²) < 4.78 is 0. The number of hydrogen-bond acceptors (Lipinski definition) is 3. The Morgan fingerprint density at radius 3 is 2.73 bits per heavy atom. The fraction of sp³-hybridized carbons (Fsp3) is 0.500. The molecule has 1 fully saturated rings. The van der Waals surface area contributed by atoms with Gasteiger partial charge in [0.2, 0.25) is 0 Å². The largest absolute Gasteiger partial charge is 0.395 e. The summed E-state index contributed by atoms with van der Waals surface area (Å²) in [5.74, 6) is 0.669. The molecule has 2 rings (SSSR count). The van der Waals surface area contributed by atoms with Crippen molar-refractivity contribution in [1.82, 2.24) is 0 Å². The van der Waals surface area contributed by atoms with Crippen molar-refractivity contribution in [1.29, 1.82) is 0 Å². The smallest absolute Gasteiger partial charge is 0.0963 e. The van der Waals surface area contributed by atoms with Crippen LogP contribution in [0.15, 0.2) is 24.3 Å². The lowest BCUT2D eigenvalue weighted by Gasteiger charge is -2.17. The van der Waals surface area contributed by atoms with E-state index < -0.39 is 12.1 Å². The standard InChI is InChI=1S/C12H17NO2/c13-11(7-14)12(15)10-3-1-2-9(6-10)8-4-5-8/h1-3,6,8,11-12,14-15H,4-5,7,13H2. The first kappa shape index (κ1) is 10.6. The zero-order valence-electron chi connectivity index (χ0n) is 8.63. The number of aliphatic hydroxyl groups is 2. The van der Waals surface area contributed by atoms with E-state index in [0.717, 1.165) is 5.56 Å². The molecule has 3 heteroatoms. The normalized spacial score (nSPS) is 19.9. The second-order valence-corrected chi connectivity index (χ2v) is 4.24. The molecule has 4 N–H and O–H groups in total. The Labute approximate surface area is 89.5 Å². The number of aliphatic hydroxyl groups excluding tert-OH is 2. The molecule has 0 saturated heterocycles. The van der Waals surface area contributed by atoms with Crippen LogP contribution in [0.4, 0.5) is 0 Å². The predicted octanol–water partition coefficient (Wildman–Crippen LogP) is 0.917. The van der Waals surface area contributed by atoms with Gasteiger partial charge in [-0.1, -0.05) is 24.3 Å². The summed E-state index contributed by atoms with van der Waals surface area (Å²) in [5, 5.41) is 18.7. The van der Waals surface area contributed by atoms with Crippen LogP contribution in [0.2, 0.25) is 0 Å². The van der Waals surface area contributed by atoms with Crippen LogP contribution in [0.5, 0.6) is 0 Å². The Morgan fingerprint density at radius 2 is 2.13 bits per heavy atom. The SMILES string of the molecule is NC(CO)C(O)c1cccc(C2CC2)c1. The van der Waals surface area contributed by atoms with Crippen LogP contribution >= 0.6 is 0 Å². The van der Waals surface area contributed by atoms with Crippen molar-refractivity contribution in [2.24, 2.45) is 5.73 Å². The molecule has 2 atom stereocenters. The Bertz CT molecular complexity index is 336. The molecule has 1 saturated carbocycles. The third-order valence-corrected chi connectivity index (χ3v) is 2.92. The fourth-order valence-corrected chi connectivity index (χ4v) is 1.76. The highest BCUT2D eigenvalue weighted by Crippen LogP contribution is 2.40. The molecule has 2 unspecified atom stereocenters. The average Bonchev–Trinajstić information content (AvgIpc) is 3.11. The van der Waals surface area contributed by atoms with E-state index in [9.17, 15) is 5.11 Å². The molecular formula is C12H17NO2. The van der Waals surface area contributed by atoms with Crippen LogP contribution in [0.25, 0.3) is 0 Å². The van der Waals surface area contributed by atoms with Gasteiger partial charge in [-0.2, -0.15) is 0 Å². The molecule has 0 aromatic heterocycles. The maximum Gasteiger partial charge on any atom is 0.0963 e. The summed E-state index contributed by atoms with van der Waals surface area (Å²) in [6.07, 6.45) is 1.71. The van der Waals surface area contributed by atoms with E-state index in [4.69, 9.17) is 10.8 Å². The summed E-state index contributed by atoms with van der Waals surface area (Å²) in [4.78, 5) is 0. The summed E-state index contributed by atoms with van der Waals surface area (Å²) in [6.45, 7) is -0.200. The monoisotopic (exact) mass is 207 g/mol. The van der Waals surface area contributed by atoms with E-state index in [1.807, 2.05) is 18.2 Å². The zero-order valence-corrected chi connectivity index (χ0v) is 8.63. The van der Waals surface area contributed by atoms with Crippen molar-refractivity contribution in [3.63, 3.8) is 0 Å². The number of benzene rings is 1. The molecule has 1 aromatic rings. The third kappa shape index (κ3) is 2.37.